The van der Waals surface area contributed by atoms with Crippen LogP contribution in [0.2, 0.25) is 0 Å². The van der Waals surface area contributed by atoms with E-state index in [1.807, 2.05) is 6.07 Å². The molecule has 1 aliphatic rings. The molecule has 2 atom stereocenters. The Morgan fingerprint density at radius 2 is 2.20 bits per heavy atom. The molecule has 0 bridgehead atoms. The Bertz CT molecular complexity index is 436. The van der Waals surface area contributed by atoms with E-state index in [0.29, 0.717) is 5.92 Å². The van der Waals surface area contributed by atoms with Crippen LogP contribution >= 0.6 is 0 Å². The molecule has 1 heterocycles. The lowest BCUT2D eigenvalue weighted by Crippen LogP contribution is -2.29. The highest BCUT2D eigenvalue weighted by Crippen LogP contribution is 2.30. The minimum Gasteiger partial charge on any atom is -0.435 e. The molecule has 0 amide bonds. The van der Waals surface area contributed by atoms with Crippen LogP contribution in [0.25, 0.3) is 0 Å². The molecule has 0 saturated carbocycles. The highest BCUT2D eigenvalue weighted by molar-refractivity contribution is 5.38. The normalized spacial score (nSPS) is 23.1. The Hall–Kier alpha value is -1.16. The van der Waals surface area contributed by atoms with E-state index < -0.39 is 6.61 Å². The average molecular weight is 283 g/mol. The Kier molecular flexibility index (Phi) is 5.35. The van der Waals surface area contributed by atoms with Crippen LogP contribution in [0.1, 0.15) is 50.3 Å². The topological polar surface area (TPSA) is 21.3 Å². The maximum Gasteiger partial charge on any atom is 0.387 e. The molecule has 1 N–H and O–H groups in total. The van der Waals surface area contributed by atoms with Gasteiger partial charge >= 0.3 is 6.61 Å². The molecular weight excluding hydrogens is 260 g/mol. The van der Waals surface area contributed by atoms with E-state index in [4.69, 9.17) is 0 Å². The smallest absolute Gasteiger partial charge is 0.387 e. The molecule has 4 heteroatoms. The van der Waals surface area contributed by atoms with Gasteiger partial charge in [-0.25, -0.2) is 0 Å². The molecule has 1 aromatic carbocycles. The minimum atomic E-state index is -2.76. The third-order valence-electron chi connectivity index (χ3n) is 3.91. The summed E-state index contributed by atoms with van der Waals surface area (Å²) in [4.78, 5) is 0. The predicted octanol–water partition coefficient (Wildman–Crippen LogP) is 4.30. The fraction of sp³-hybridized carbons (Fsp3) is 0.625. The van der Waals surface area contributed by atoms with Gasteiger partial charge in [0.2, 0.25) is 0 Å². The van der Waals surface area contributed by atoms with Crippen molar-refractivity contribution < 1.29 is 13.5 Å². The van der Waals surface area contributed by atoms with Gasteiger partial charge in [-0.1, -0.05) is 26.3 Å². The van der Waals surface area contributed by atoms with E-state index >= 15 is 0 Å². The maximum atomic E-state index is 12.4. The van der Waals surface area contributed by atoms with E-state index in [1.54, 1.807) is 12.1 Å². The quantitative estimate of drug-likeness (QED) is 0.889. The van der Waals surface area contributed by atoms with Gasteiger partial charge in [0.05, 0.1) is 0 Å². The van der Waals surface area contributed by atoms with Crippen LogP contribution < -0.4 is 10.1 Å². The fourth-order valence-corrected chi connectivity index (χ4v) is 2.80. The van der Waals surface area contributed by atoms with Gasteiger partial charge in [0.1, 0.15) is 5.75 Å². The molecule has 0 aliphatic carbocycles. The van der Waals surface area contributed by atoms with Crippen LogP contribution in [0, 0.1) is 5.92 Å². The molecule has 20 heavy (non-hydrogen) atoms. The van der Waals surface area contributed by atoms with Crippen molar-refractivity contribution in [2.24, 2.45) is 5.92 Å². The molecule has 112 valence electrons. The van der Waals surface area contributed by atoms with Crippen LogP contribution in [-0.2, 0) is 6.42 Å². The molecule has 0 saturated heterocycles. The molecule has 0 radical (unpaired) electrons. The number of alkyl halides is 2. The van der Waals surface area contributed by atoms with Gasteiger partial charge < -0.3 is 10.1 Å². The minimum absolute atomic E-state index is 0.235. The largest absolute Gasteiger partial charge is 0.435 e. The number of halogens is 2. The summed E-state index contributed by atoms with van der Waals surface area (Å²) in [6.07, 6.45) is 4.20. The van der Waals surface area contributed by atoms with Gasteiger partial charge in [0.25, 0.3) is 0 Å². The van der Waals surface area contributed by atoms with Crippen molar-refractivity contribution in [2.45, 2.75) is 52.2 Å². The summed E-state index contributed by atoms with van der Waals surface area (Å²) < 4.78 is 29.3. The zero-order valence-electron chi connectivity index (χ0n) is 12.2. The second-order valence-electron chi connectivity index (χ2n) is 5.63. The maximum absolute atomic E-state index is 12.4. The van der Waals surface area contributed by atoms with Crippen molar-refractivity contribution in [3.63, 3.8) is 0 Å². The summed E-state index contributed by atoms with van der Waals surface area (Å²) in [5.74, 6) is 0.898. The van der Waals surface area contributed by atoms with Gasteiger partial charge in [-0.05, 0) is 55.0 Å². The monoisotopic (exact) mass is 283 g/mol. The van der Waals surface area contributed by atoms with Crippen LogP contribution in [0.15, 0.2) is 18.2 Å². The summed E-state index contributed by atoms with van der Waals surface area (Å²) >= 11 is 0. The molecule has 1 aromatic rings. The van der Waals surface area contributed by atoms with Crippen LogP contribution in [0.4, 0.5) is 8.78 Å². The summed E-state index contributed by atoms with van der Waals surface area (Å²) in [6, 6.07) is 5.61. The highest BCUT2D eigenvalue weighted by Gasteiger charge is 2.20. The molecule has 0 spiro atoms. The second kappa shape index (κ2) is 7.02. The van der Waals surface area contributed by atoms with Crippen LogP contribution in [0.3, 0.4) is 0 Å². The molecule has 0 aromatic heterocycles. The number of ether oxygens (including phenoxy) is 1. The average Bonchev–Trinajstić information content (AvgIpc) is 2.39. The van der Waals surface area contributed by atoms with Crippen molar-refractivity contribution in [3.05, 3.63) is 29.3 Å². The second-order valence-corrected chi connectivity index (χ2v) is 5.63. The number of rotatable bonds is 4. The first-order valence-electron chi connectivity index (χ1n) is 7.41. The zero-order valence-corrected chi connectivity index (χ0v) is 12.2. The van der Waals surface area contributed by atoms with E-state index in [9.17, 15) is 8.78 Å². The lowest BCUT2D eigenvalue weighted by molar-refractivity contribution is -0.0499. The Balaban J connectivity index is 2.29. The third-order valence-corrected chi connectivity index (χ3v) is 3.91. The van der Waals surface area contributed by atoms with Gasteiger partial charge in [-0.2, -0.15) is 8.78 Å². The number of hydrogen-bond acceptors (Lipinski definition) is 2. The molecule has 0 fully saturated rings. The molecule has 1 aliphatic heterocycles. The predicted molar refractivity (Wildman–Crippen MR) is 76.2 cm³/mol. The standard InChI is InChI=1S/C16H23F2NO/c1-3-4-15-14-9-13(20-16(17)18)8-7-12(14)6-5-11(2)10-19-15/h7-9,11,15-16,19H,3-6,10H2,1-2H3. The first kappa shape index (κ1) is 15.2. The number of aryl methyl sites for hydroxylation is 1. The van der Waals surface area contributed by atoms with Crippen LogP contribution in [-0.4, -0.2) is 13.2 Å². The summed E-state index contributed by atoms with van der Waals surface area (Å²) in [5, 5.41) is 3.57. The summed E-state index contributed by atoms with van der Waals surface area (Å²) in [5.41, 5.74) is 2.38. The molecule has 2 nitrogen and oxygen atoms in total. The summed E-state index contributed by atoms with van der Waals surface area (Å²) in [7, 11) is 0. The van der Waals surface area contributed by atoms with E-state index in [-0.39, 0.29) is 11.8 Å². The number of fused-ring (bicyclic) bond motifs is 1. The Morgan fingerprint density at radius 3 is 2.90 bits per heavy atom. The van der Waals surface area contributed by atoms with Gasteiger partial charge in [-0.15, -0.1) is 0 Å². The van der Waals surface area contributed by atoms with E-state index in [1.165, 1.54) is 5.56 Å². The van der Waals surface area contributed by atoms with E-state index in [0.717, 1.165) is 37.8 Å². The number of benzene rings is 1. The third kappa shape index (κ3) is 3.92. The highest BCUT2D eigenvalue weighted by atomic mass is 19.3. The van der Waals surface area contributed by atoms with Crippen LogP contribution in [0.5, 0.6) is 5.75 Å². The molecule has 2 unspecified atom stereocenters. The van der Waals surface area contributed by atoms with Crippen molar-refractivity contribution in [3.8, 4) is 5.75 Å². The van der Waals surface area contributed by atoms with Gasteiger partial charge in [-0.3, -0.25) is 0 Å². The summed E-state index contributed by atoms with van der Waals surface area (Å²) in [6.45, 7) is 2.60. The number of nitrogens with one attached hydrogen (secondary N) is 1. The first-order valence-corrected chi connectivity index (χ1v) is 7.41. The zero-order chi connectivity index (χ0) is 14.5. The first-order chi connectivity index (χ1) is 9.60. The van der Waals surface area contributed by atoms with Gasteiger partial charge in [0.15, 0.2) is 0 Å². The fourth-order valence-electron chi connectivity index (χ4n) is 2.80. The SMILES string of the molecule is CCCC1NCC(C)CCc2ccc(OC(F)F)cc21. The Morgan fingerprint density at radius 1 is 1.40 bits per heavy atom. The number of hydrogen-bond donors (Lipinski definition) is 1. The van der Waals surface area contributed by atoms with Crippen molar-refractivity contribution in [2.75, 3.05) is 6.54 Å². The van der Waals surface area contributed by atoms with Crippen molar-refractivity contribution in [1.82, 2.24) is 5.32 Å². The lowest BCUT2D eigenvalue weighted by Gasteiger charge is -2.27. The molecule has 2 rings (SSSR count). The van der Waals surface area contributed by atoms with Crippen molar-refractivity contribution in [1.29, 1.82) is 0 Å². The Labute approximate surface area is 119 Å². The van der Waals surface area contributed by atoms with Crippen molar-refractivity contribution >= 4 is 0 Å². The lowest BCUT2D eigenvalue weighted by atomic mass is 9.89. The van der Waals surface area contributed by atoms with E-state index in [2.05, 4.69) is 23.9 Å². The molecular formula is C16H23F2NO. The van der Waals surface area contributed by atoms with Gasteiger partial charge in [0, 0.05) is 6.04 Å².